The van der Waals surface area contributed by atoms with Crippen molar-refractivity contribution in [3.63, 3.8) is 0 Å². The van der Waals surface area contributed by atoms with E-state index >= 15 is 0 Å². The highest BCUT2D eigenvalue weighted by molar-refractivity contribution is 6.88. The zero-order valence-corrected chi connectivity index (χ0v) is 24.8. The first kappa shape index (κ1) is 25.6. The number of hydrogen-bond acceptors (Lipinski definition) is 0. The molecule has 0 bridgehead atoms. The summed E-state index contributed by atoms with van der Waals surface area (Å²) in [5.74, 6) is 0.641. The van der Waals surface area contributed by atoms with E-state index in [1.54, 1.807) is 0 Å². The lowest BCUT2D eigenvalue weighted by atomic mass is 9.67. The standard InChI is InChI=1S/C38H38Si/c1-27(2)25-28-17-21-31(22-18-28)38(36-15-8-6-13-34(36)35-14-7-9-16-37(35)38)32-12-10-11-30(26-32)29-19-23-33(24-20-29)39(3,4)5/h6-24,26-27H,25H2,1-5H3. The summed E-state index contributed by atoms with van der Waals surface area (Å²) in [7, 11) is -1.34. The van der Waals surface area contributed by atoms with E-state index in [1.807, 2.05) is 0 Å². The van der Waals surface area contributed by atoms with Crippen LogP contribution in [-0.4, -0.2) is 8.07 Å². The van der Waals surface area contributed by atoms with Gasteiger partial charge < -0.3 is 0 Å². The summed E-state index contributed by atoms with van der Waals surface area (Å²) in [5, 5.41) is 1.50. The molecular formula is C38H38Si. The lowest BCUT2D eigenvalue weighted by Gasteiger charge is -2.34. The van der Waals surface area contributed by atoms with Gasteiger partial charge in [0.05, 0.1) is 13.5 Å². The van der Waals surface area contributed by atoms with Gasteiger partial charge in [-0.1, -0.05) is 154 Å². The maximum atomic E-state index is 2.43. The van der Waals surface area contributed by atoms with Crippen molar-refractivity contribution in [3.05, 3.63) is 149 Å². The monoisotopic (exact) mass is 522 g/mol. The number of rotatable bonds is 6. The fourth-order valence-corrected chi connectivity index (χ4v) is 7.65. The molecule has 0 radical (unpaired) electrons. The van der Waals surface area contributed by atoms with Crippen LogP contribution in [0.5, 0.6) is 0 Å². The Bertz CT molecular complexity index is 1570. The van der Waals surface area contributed by atoms with Gasteiger partial charge in [0.25, 0.3) is 0 Å². The molecule has 5 aromatic rings. The minimum absolute atomic E-state index is 0.363. The first-order valence-electron chi connectivity index (χ1n) is 14.3. The molecule has 194 valence electrons. The summed E-state index contributed by atoms with van der Waals surface area (Å²) in [6.45, 7) is 11.8. The Hall–Kier alpha value is -3.68. The molecule has 6 rings (SSSR count). The summed E-state index contributed by atoms with van der Waals surface area (Å²) in [4.78, 5) is 0. The quantitative estimate of drug-likeness (QED) is 0.191. The Morgan fingerprint density at radius 3 is 1.72 bits per heavy atom. The van der Waals surface area contributed by atoms with E-state index in [2.05, 4.69) is 155 Å². The molecule has 0 unspecified atom stereocenters. The molecule has 0 aliphatic heterocycles. The zero-order valence-electron chi connectivity index (χ0n) is 23.8. The third-order valence-corrected chi connectivity index (χ3v) is 10.4. The fourth-order valence-electron chi connectivity index (χ4n) is 6.48. The molecule has 0 N–H and O–H groups in total. The molecule has 0 fully saturated rings. The van der Waals surface area contributed by atoms with Crippen LogP contribution in [0, 0.1) is 5.92 Å². The van der Waals surface area contributed by atoms with Gasteiger partial charge in [-0.25, -0.2) is 0 Å². The lowest BCUT2D eigenvalue weighted by Crippen LogP contribution is -2.37. The maximum Gasteiger partial charge on any atom is 0.0775 e. The molecule has 1 aliphatic carbocycles. The fraction of sp³-hybridized carbons (Fsp3) is 0.211. The van der Waals surface area contributed by atoms with Crippen LogP contribution in [0.1, 0.15) is 41.7 Å². The van der Waals surface area contributed by atoms with Gasteiger partial charge in [0.2, 0.25) is 0 Å². The number of benzene rings is 5. The zero-order chi connectivity index (χ0) is 27.2. The molecule has 0 aromatic heterocycles. The molecule has 0 saturated heterocycles. The van der Waals surface area contributed by atoms with Gasteiger partial charge in [-0.2, -0.15) is 0 Å². The average molecular weight is 523 g/mol. The smallest absolute Gasteiger partial charge is 0.0656 e. The summed E-state index contributed by atoms with van der Waals surface area (Å²) < 4.78 is 0. The molecular weight excluding hydrogens is 485 g/mol. The first-order valence-corrected chi connectivity index (χ1v) is 17.8. The van der Waals surface area contributed by atoms with Crippen molar-refractivity contribution in [1.82, 2.24) is 0 Å². The van der Waals surface area contributed by atoms with Crippen molar-refractivity contribution in [2.24, 2.45) is 5.92 Å². The van der Waals surface area contributed by atoms with Crippen LogP contribution in [0.25, 0.3) is 22.3 Å². The Balaban J connectivity index is 1.58. The molecule has 5 aromatic carbocycles. The van der Waals surface area contributed by atoms with Crippen molar-refractivity contribution >= 4 is 13.3 Å². The van der Waals surface area contributed by atoms with Gasteiger partial charge >= 0.3 is 0 Å². The van der Waals surface area contributed by atoms with Crippen molar-refractivity contribution in [2.45, 2.75) is 45.3 Å². The van der Waals surface area contributed by atoms with E-state index in [0.717, 1.165) is 6.42 Å². The highest BCUT2D eigenvalue weighted by atomic mass is 28.3. The Kier molecular flexibility index (Phi) is 6.44. The highest BCUT2D eigenvalue weighted by Gasteiger charge is 2.45. The van der Waals surface area contributed by atoms with Crippen molar-refractivity contribution < 1.29 is 0 Å². The predicted molar refractivity (Wildman–Crippen MR) is 171 cm³/mol. The summed E-state index contributed by atoms with van der Waals surface area (Å²) in [6, 6.07) is 46.1. The van der Waals surface area contributed by atoms with Crippen molar-refractivity contribution in [1.29, 1.82) is 0 Å². The predicted octanol–water partition coefficient (Wildman–Crippen LogP) is 9.46. The SMILES string of the molecule is CC(C)Cc1ccc(C2(c3cccc(-c4ccc([Si](C)(C)C)cc4)c3)c3ccccc3-c3ccccc32)cc1. The van der Waals surface area contributed by atoms with Crippen LogP contribution in [0.2, 0.25) is 19.6 Å². The third-order valence-electron chi connectivity index (χ3n) is 8.36. The van der Waals surface area contributed by atoms with Gasteiger partial charge in [0.15, 0.2) is 0 Å². The molecule has 0 saturated carbocycles. The summed E-state index contributed by atoms with van der Waals surface area (Å²) in [5.41, 5.74) is 11.7. The van der Waals surface area contributed by atoms with Crippen molar-refractivity contribution in [2.75, 3.05) is 0 Å². The van der Waals surface area contributed by atoms with Crippen LogP contribution >= 0.6 is 0 Å². The largest absolute Gasteiger partial charge is 0.0775 e. The minimum Gasteiger partial charge on any atom is -0.0656 e. The number of hydrogen-bond donors (Lipinski definition) is 0. The van der Waals surface area contributed by atoms with E-state index < -0.39 is 8.07 Å². The van der Waals surface area contributed by atoms with Gasteiger partial charge in [-0.05, 0) is 68.5 Å². The second kappa shape index (κ2) is 9.81. The minimum atomic E-state index is -1.34. The van der Waals surface area contributed by atoms with Gasteiger partial charge in [-0.15, -0.1) is 0 Å². The molecule has 0 nitrogen and oxygen atoms in total. The third kappa shape index (κ3) is 4.39. The molecule has 1 heteroatoms. The molecule has 39 heavy (non-hydrogen) atoms. The molecule has 0 heterocycles. The molecule has 0 atom stereocenters. The first-order chi connectivity index (χ1) is 18.8. The van der Waals surface area contributed by atoms with E-state index in [4.69, 9.17) is 0 Å². The van der Waals surface area contributed by atoms with E-state index in [-0.39, 0.29) is 5.41 Å². The number of fused-ring (bicyclic) bond motifs is 3. The average Bonchev–Trinajstić information content (AvgIpc) is 3.24. The topological polar surface area (TPSA) is 0 Å². The normalized spacial score (nSPS) is 13.8. The molecule has 0 amide bonds. The Morgan fingerprint density at radius 1 is 0.564 bits per heavy atom. The molecule has 0 spiro atoms. The summed E-state index contributed by atoms with van der Waals surface area (Å²) in [6.07, 6.45) is 1.10. The van der Waals surface area contributed by atoms with Gasteiger partial charge in [0, 0.05) is 0 Å². The lowest BCUT2D eigenvalue weighted by molar-refractivity contribution is 0.646. The Labute approximate surface area is 235 Å². The van der Waals surface area contributed by atoms with Crippen LogP contribution in [0.15, 0.2) is 121 Å². The van der Waals surface area contributed by atoms with Crippen molar-refractivity contribution in [3.8, 4) is 22.3 Å². The Morgan fingerprint density at radius 2 is 1.15 bits per heavy atom. The second-order valence-corrected chi connectivity index (χ2v) is 17.6. The maximum absolute atomic E-state index is 2.43. The van der Waals surface area contributed by atoms with Crippen LogP contribution in [-0.2, 0) is 11.8 Å². The molecule has 1 aliphatic rings. The van der Waals surface area contributed by atoms with E-state index in [1.165, 1.54) is 55.3 Å². The highest BCUT2D eigenvalue weighted by Crippen LogP contribution is 2.56. The van der Waals surface area contributed by atoms with Gasteiger partial charge in [-0.3, -0.25) is 0 Å². The summed E-state index contributed by atoms with van der Waals surface area (Å²) >= 11 is 0. The second-order valence-electron chi connectivity index (χ2n) is 12.5. The van der Waals surface area contributed by atoms with Gasteiger partial charge in [0.1, 0.15) is 0 Å². The van der Waals surface area contributed by atoms with E-state index in [0.29, 0.717) is 5.92 Å². The van der Waals surface area contributed by atoms with Crippen LogP contribution in [0.3, 0.4) is 0 Å². The van der Waals surface area contributed by atoms with Crippen LogP contribution in [0.4, 0.5) is 0 Å². The van der Waals surface area contributed by atoms with Crippen LogP contribution < -0.4 is 5.19 Å². The van der Waals surface area contributed by atoms with E-state index in [9.17, 15) is 0 Å².